The number of benzene rings is 1. The fourth-order valence-corrected chi connectivity index (χ4v) is 4.76. The van der Waals surface area contributed by atoms with Gasteiger partial charge in [-0.1, -0.05) is 48.6 Å². The molecule has 0 fully saturated rings. The number of thiazole rings is 1. The zero-order valence-electron chi connectivity index (χ0n) is 16.4. The summed E-state index contributed by atoms with van der Waals surface area (Å²) in [5, 5.41) is 10.2. The van der Waals surface area contributed by atoms with Crippen LogP contribution < -0.4 is 4.57 Å². The Balaban J connectivity index is 1.76. The smallest absolute Gasteiger partial charge is 0.262 e. The van der Waals surface area contributed by atoms with E-state index in [2.05, 4.69) is 91.0 Å². The van der Waals surface area contributed by atoms with E-state index in [-0.39, 0.29) is 0 Å². The first-order chi connectivity index (χ1) is 13.2. The summed E-state index contributed by atoms with van der Waals surface area (Å²) in [7, 11) is 0. The average Bonchev–Trinajstić information content (AvgIpc) is 3.05. The molecule has 2 unspecified atom stereocenters. The van der Waals surface area contributed by atoms with Crippen LogP contribution in [0, 0.1) is 23.2 Å². The van der Waals surface area contributed by atoms with E-state index in [0.29, 0.717) is 18.3 Å². The number of rotatable bonds is 7. The topological polar surface area (TPSA) is 30.9 Å². The zero-order valence-corrected chi connectivity index (χ0v) is 17.2. The van der Waals surface area contributed by atoms with Gasteiger partial charge in [-0.05, 0) is 31.9 Å². The maximum absolute atomic E-state index is 8.85. The van der Waals surface area contributed by atoms with Gasteiger partial charge in [0.1, 0.15) is 11.2 Å². The van der Waals surface area contributed by atoms with Crippen molar-refractivity contribution in [2.45, 2.75) is 33.7 Å². The summed E-state index contributed by atoms with van der Waals surface area (Å²) in [5.41, 5.74) is 2.56. The summed E-state index contributed by atoms with van der Waals surface area (Å²) < 4.78 is 3.72. The molecule has 3 nitrogen and oxygen atoms in total. The summed E-state index contributed by atoms with van der Waals surface area (Å²) in [6.07, 6.45) is 12.0. The maximum Gasteiger partial charge on any atom is 0.262 e. The Morgan fingerprint density at radius 3 is 2.81 bits per heavy atom. The number of nitriles is 1. The Hall–Kier alpha value is -2.38. The van der Waals surface area contributed by atoms with Crippen LogP contribution in [0.2, 0.25) is 0 Å². The molecule has 2 atom stereocenters. The Morgan fingerprint density at radius 1 is 1.30 bits per heavy atom. The number of likely N-dealkylation sites (N-methyl/N-ethyl adjacent to an activating group) is 1. The van der Waals surface area contributed by atoms with Crippen molar-refractivity contribution in [2.75, 3.05) is 13.1 Å². The van der Waals surface area contributed by atoms with E-state index in [1.807, 2.05) is 11.3 Å². The molecule has 0 radical (unpaired) electrons. The standard InChI is InChI=1S/C23H28N3S/c1-4-25(16-8-15-24)20-13-11-19(18(3)17-20)12-14-23-26(5-2)21-9-6-7-10-22(21)27-23/h6-7,9-14,17-19H,4-5,8,16H2,1-3H3/q+1/b14-12+. The van der Waals surface area contributed by atoms with E-state index in [1.54, 1.807) is 0 Å². The van der Waals surface area contributed by atoms with Crippen molar-refractivity contribution in [3.05, 3.63) is 59.3 Å². The van der Waals surface area contributed by atoms with Gasteiger partial charge >= 0.3 is 0 Å². The van der Waals surface area contributed by atoms with Gasteiger partial charge in [-0.25, -0.2) is 0 Å². The number of aromatic nitrogens is 1. The van der Waals surface area contributed by atoms with E-state index < -0.39 is 0 Å². The number of aryl methyl sites for hydroxylation is 1. The minimum Gasteiger partial charge on any atom is -0.371 e. The molecule has 1 aromatic heterocycles. The zero-order chi connectivity index (χ0) is 19.2. The van der Waals surface area contributed by atoms with Gasteiger partial charge in [0.2, 0.25) is 5.52 Å². The second-order valence-corrected chi connectivity index (χ2v) is 7.95. The monoisotopic (exact) mass is 378 g/mol. The van der Waals surface area contributed by atoms with E-state index in [1.165, 1.54) is 20.9 Å². The number of allylic oxidation sites excluding steroid dienone is 4. The molecule has 3 rings (SSSR count). The summed E-state index contributed by atoms with van der Waals surface area (Å²) in [6.45, 7) is 9.34. The van der Waals surface area contributed by atoms with Gasteiger partial charge in [0.25, 0.3) is 5.01 Å². The van der Waals surface area contributed by atoms with Crippen molar-refractivity contribution in [1.82, 2.24) is 4.90 Å². The van der Waals surface area contributed by atoms with Crippen LogP contribution in [-0.2, 0) is 6.54 Å². The van der Waals surface area contributed by atoms with Crippen LogP contribution in [0.3, 0.4) is 0 Å². The SMILES string of the molecule is CCN(CCC#N)C1=CC(C)C(/C=C/c2sc3ccccc3[n+]2CC)C=C1. The van der Waals surface area contributed by atoms with E-state index in [9.17, 15) is 0 Å². The lowest BCUT2D eigenvalue weighted by atomic mass is 9.88. The maximum atomic E-state index is 8.85. The third kappa shape index (κ3) is 4.31. The van der Waals surface area contributed by atoms with Gasteiger partial charge in [-0.2, -0.15) is 9.83 Å². The molecule has 0 aliphatic heterocycles. The molecule has 0 saturated carbocycles. The molecule has 0 amide bonds. The Kier molecular flexibility index (Phi) is 6.47. The van der Waals surface area contributed by atoms with Crippen molar-refractivity contribution < 1.29 is 4.57 Å². The molecule has 1 aliphatic carbocycles. The van der Waals surface area contributed by atoms with Gasteiger partial charge in [0, 0.05) is 36.8 Å². The minimum absolute atomic E-state index is 0.402. The van der Waals surface area contributed by atoms with Crippen LogP contribution in [0.25, 0.3) is 16.3 Å². The number of hydrogen-bond donors (Lipinski definition) is 0. The van der Waals surface area contributed by atoms with Gasteiger partial charge < -0.3 is 4.90 Å². The third-order valence-corrected chi connectivity index (χ3v) is 6.31. The van der Waals surface area contributed by atoms with Crippen LogP contribution >= 0.6 is 11.3 Å². The lowest BCUT2D eigenvalue weighted by molar-refractivity contribution is -0.665. The van der Waals surface area contributed by atoms with Crippen LogP contribution in [0.15, 0.2) is 54.3 Å². The summed E-state index contributed by atoms with van der Waals surface area (Å²) in [4.78, 5) is 2.28. The van der Waals surface area contributed by atoms with Crippen molar-refractivity contribution in [3.8, 4) is 6.07 Å². The molecule has 27 heavy (non-hydrogen) atoms. The second kappa shape index (κ2) is 9.01. The molecule has 4 heteroatoms. The molecular formula is C23H28N3S+. The predicted octanol–water partition coefficient (Wildman–Crippen LogP) is 5.16. The van der Waals surface area contributed by atoms with Crippen molar-refractivity contribution in [2.24, 2.45) is 11.8 Å². The highest BCUT2D eigenvalue weighted by atomic mass is 32.1. The largest absolute Gasteiger partial charge is 0.371 e. The fraction of sp³-hybridized carbons (Fsp3) is 0.391. The normalized spacial score (nSPS) is 19.4. The van der Waals surface area contributed by atoms with E-state index in [0.717, 1.165) is 19.6 Å². The molecule has 0 N–H and O–H groups in total. The number of nitrogens with zero attached hydrogens (tertiary/aromatic N) is 3. The highest BCUT2D eigenvalue weighted by molar-refractivity contribution is 7.18. The first kappa shape index (κ1) is 19.4. The van der Waals surface area contributed by atoms with Crippen LogP contribution in [0.4, 0.5) is 0 Å². The summed E-state index contributed by atoms with van der Waals surface area (Å²) in [6, 6.07) is 10.9. The van der Waals surface area contributed by atoms with Gasteiger partial charge in [0.05, 0.1) is 12.5 Å². The molecule has 1 aliphatic rings. The molecule has 1 aromatic carbocycles. The molecule has 1 heterocycles. The number of fused-ring (bicyclic) bond motifs is 1. The highest BCUT2D eigenvalue weighted by Gasteiger charge is 2.19. The highest BCUT2D eigenvalue weighted by Crippen LogP contribution is 2.27. The van der Waals surface area contributed by atoms with E-state index >= 15 is 0 Å². The van der Waals surface area contributed by atoms with Gasteiger partial charge in [-0.3, -0.25) is 0 Å². The average molecular weight is 379 g/mol. The van der Waals surface area contributed by atoms with Crippen LogP contribution in [0.5, 0.6) is 0 Å². The third-order valence-electron chi connectivity index (χ3n) is 5.18. The molecule has 0 saturated heterocycles. The summed E-state index contributed by atoms with van der Waals surface area (Å²) >= 11 is 1.85. The minimum atomic E-state index is 0.402. The molecule has 0 spiro atoms. The van der Waals surface area contributed by atoms with Crippen molar-refractivity contribution in [3.63, 3.8) is 0 Å². The summed E-state index contributed by atoms with van der Waals surface area (Å²) in [5.74, 6) is 0.848. The van der Waals surface area contributed by atoms with E-state index in [4.69, 9.17) is 5.26 Å². The number of hydrogen-bond acceptors (Lipinski definition) is 3. The van der Waals surface area contributed by atoms with Crippen molar-refractivity contribution >= 4 is 27.6 Å². The molecule has 140 valence electrons. The quantitative estimate of drug-likeness (QED) is 0.623. The first-order valence-electron chi connectivity index (χ1n) is 9.79. The Labute approximate surface area is 166 Å². The molecule has 2 aromatic rings. The molecular weight excluding hydrogens is 350 g/mol. The van der Waals surface area contributed by atoms with Crippen molar-refractivity contribution in [1.29, 1.82) is 5.26 Å². The Bertz CT molecular complexity index is 913. The number of para-hydroxylation sites is 1. The Morgan fingerprint density at radius 2 is 2.11 bits per heavy atom. The van der Waals surface area contributed by atoms with Crippen LogP contribution in [0.1, 0.15) is 32.2 Å². The molecule has 0 bridgehead atoms. The van der Waals surface area contributed by atoms with Gasteiger partial charge in [-0.15, -0.1) is 0 Å². The second-order valence-electron chi connectivity index (χ2n) is 6.89. The lowest BCUT2D eigenvalue weighted by Crippen LogP contribution is -2.33. The van der Waals surface area contributed by atoms with Gasteiger partial charge in [0.15, 0.2) is 0 Å². The first-order valence-corrected chi connectivity index (χ1v) is 10.6. The lowest BCUT2D eigenvalue weighted by Gasteiger charge is -2.28. The van der Waals surface area contributed by atoms with Crippen LogP contribution in [-0.4, -0.2) is 18.0 Å². The predicted molar refractivity (Wildman–Crippen MR) is 114 cm³/mol. The fourth-order valence-electron chi connectivity index (χ4n) is 3.62.